The molecule has 0 aliphatic carbocycles. The van der Waals surface area contributed by atoms with Gasteiger partial charge in [0, 0.05) is 35.5 Å². The second kappa shape index (κ2) is 9.44. The Balaban J connectivity index is 1.53. The van der Waals surface area contributed by atoms with Crippen LogP contribution in [-0.2, 0) is 14.3 Å². The van der Waals surface area contributed by atoms with E-state index in [-0.39, 0.29) is 16.9 Å². The molecular formula is C27H23ClN2O5. The van der Waals surface area contributed by atoms with Crippen LogP contribution in [0, 0.1) is 0 Å². The van der Waals surface area contributed by atoms with Gasteiger partial charge in [0.1, 0.15) is 5.76 Å². The van der Waals surface area contributed by atoms with Crippen molar-refractivity contribution in [3.63, 3.8) is 0 Å². The zero-order valence-electron chi connectivity index (χ0n) is 19.0. The molecule has 0 aromatic heterocycles. The Morgan fingerprint density at radius 2 is 1.74 bits per heavy atom. The lowest BCUT2D eigenvalue weighted by atomic mass is 9.96. The van der Waals surface area contributed by atoms with Gasteiger partial charge in [-0.25, -0.2) is 4.79 Å². The maximum Gasteiger partial charge on any atom is 0.337 e. The van der Waals surface area contributed by atoms with Crippen molar-refractivity contribution in [3.8, 4) is 11.1 Å². The number of amides is 1. The van der Waals surface area contributed by atoms with Gasteiger partial charge >= 0.3 is 5.97 Å². The number of hydrogen-bond acceptors (Lipinski definition) is 6. The van der Waals surface area contributed by atoms with Gasteiger partial charge in [-0.3, -0.25) is 4.79 Å². The molecule has 2 N–H and O–H groups in total. The Labute approximate surface area is 207 Å². The Kier molecular flexibility index (Phi) is 6.19. The molecule has 3 aromatic rings. The summed E-state index contributed by atoms with van der Waals surface area (Å²) in [7, 11) is 1.28. The van der Waals surface area contributed by atoms with Crippen molar-refractivity contribution < 1.29 is 24.2 Å². The van der Waals surface area contributed by atoms with E-state index >= 15 is 0 Å². The van der Waals surface area contributed by atoms with Crippen molar-refractivity contribution >= 4 is 46.2 Å². The molecule has 2 heterocycles. The number of aliphatic hydroxyl groups excluding tert-OH is 1. The number of rotatable bonds is 4. The second-order valence-corrected chi connectivity index (χ2v) is 8.68. The number of benzene rings is 3. The van der Waals surface area contributed by atoms with E-state index in [9.17, 15) is 14.7 Å². The van der Waals surface area contributed by atoms with Gasteiger partial charge in [0.15, 0.2) is 0 Å². The largest absolute Gasteiger partial charge is 0.506 e. The van der Waals surface area contributed by atoms with Gasteiger partial charge in [0.05, 0.1) is 42.2 Å². The molecule has 7 nitrogen and oxygen atoms in total. The number of halogens is 1. The monoisotopic (exact) mass is 490 g/mol. The Morgan fingerprint density at radius 1 is 1.03 bits per heavy atom. The summed E-state index contributed by atoms with van der Waals surface area (Å²) in [5.41, 5.74) is 4.50. The molecule has 8 heteroatoms. The van der Waals surface area contributed by atoms with Gasteiger partial charge in [0.2, 0.25) is 0 Å². The summed E-state index contributed by atoms with van der Waals surface area (Å²) in [6, 6.07) is 17.9. The van der Waals surface area contributed by atoms with Crippen LogP contribution in [-0.4, -0.2) is 50.4 Å². The first-order valence-electron chi connectivity index (χ1n) is 11.2. The molecule has 0 atom stereocenters. The fourth-order valence-electron chi connectivity index (χ4n) is 4.38. The first kappa shape index (κ1) is 23.0. The predicted octanol–water partition coefficient (Wildman–Crippen LogP) is 5.01. The topological polar surface area (TPSA) is 88.1 Å². The number of carbonyl (C=O) groups excluding carboxylic acids is 2. The third kappa shape index (κ3) is 4.36. The van der Waals surface area contributed by atoms with E-state index in [2.05, 4.69) is 10.2 Å². The van der Waals surface area contributed by atoms with Crippen LogP contribution < -0.4 is 10.2 Å². The van der Waals surface area contributed by atoms with Crippen LogP contribution in [0.15, 0.2) is 60.7 Å². The van der Waals surface area contributed by atoms with E-state index in [1.54, 1.807) is 30.3 Å². The lowest BCUT2D eigenvalue weighted by Crippen LogP contribution is -2.36. The molecule has 0 radical (unpaired) electrons. The van der Waals surface area contributed by atoms with E-state index in [4.69, 9.17) is 21.1 Å². The molecular weight excluding hydrogens is 468 g/mol. The minimum absolute atomic E-state index is 0.116. The van der Waals surface area contributed by atoms with E-state index in [0.717, 1.165) is 29.9 Å². The van der Waals surface area contributed by atoms with Gasteiger partial charge in [-0.15, -0.1) is 0 Å². The van der Waals surface area contributed by atoms with Crippen molar-refractivity contribution in [2.75, 3.05) is 43.6 Å². The second-order valence-electron chi connectivity index (χ2n) is 8.27. The molecule has 0 bridgehead atoms. The van der Waals surface area contributed by atoms with Crippen molar-refractivity contribution in [2.24, 2.45) is 0 Å². The van der Waals surface area contributed by atoms with Gasteiger partial charge < -0.3 is 24.8 Å². The number of ether oxygens (including phenoxy) is 2. The predicted molar refractivity (Wildman–Crippen MR) is 136 cm³/mol. The number of aliphatic hydroxyl groups is 1. The standard InChI is InChI=1S/C27H23ClN2O5/c1-34-27(33)18-4-2-3-17(13-18)25(31)24-21-14-20(22(28)15-23(21)29-26(24)32)16-5-7-19(8-6-16)30-9-11-35-12-10-30/h2-8,13-15,31H,9-12H2,1H3,(H,29,32). The first-order chi connectivity index (χ1) is 17.0. The average molecular weight is 491 g/mol. The fourth-order valence-corrected chi connectivity index (χ4v) is 4.65. The molecule has 3 aromatic carbocycles. The van der Waals surface area contributed by atoms with Crippen LogP contribution in [0.25, 0.3) is 22.5 Å². The fraction of sp³-hybridized carbons (Fsp3) is 0.185. The highest BCUT2D eigenvalue weighted by Crippen LogP contribution is 2.42. The zero-order valence-corrected chi connectivity index (χ0v) is 19.8. The highest BCUT2D eigenvalue weighted by molar-refractivity contribution is 6.38. The molecule has 178 valence electrons. The SMILES string of the molecule is COC(=O)c1cccc(C(O)=C2C(=O)Nc3cc(Cl)c(-c4ccc(N5CCOCC5)cc4)cc32)c1. The molecule has 1 amide bonds. The normalized spacial score (nSPS) is 16.5. The van der Waals surface area contributed by atoms with Gasteiger partial charge in [0.25, 0.3) is 5.91 Å². The van der Waals surface area contributed by atoms with Crippen LogP contribution in [0.2, 0.25) is 5.02 Å². The number of methoxy groups -OCH3 is 1. The summed E-state index contributed by atoms with van der Waals surface area (Å²) < 4.78 is 10.2. The number of esters is 1. The molecule has 1 fully saturated rings. The highest BCUT2D eigenvalue weighted by atomic mass is 35.5. The third-order valence-corrected chi connectivity index (χ3v) is 6.51. The Hall–Kier alpha value is -3.81. The Morgan fingerprint density at radius 3 is 2.46 bits per heavy atom. The van der Waals surface area contributed by atoms with Gasteiger partial charge in [-0.2, -0.15) is 0 Å². The number of nitrogens with zero attached hydrogens (tertiary/aromatic N) is 1. The molecule has 0 saturated carbocycles. The van der Waals surface area contributed by atoms with Crippen molar-refractivity contribution in [3.05, 3.63) is 82.4 Å². The van der Waals surface area contributed by atoms with Crippen LogP contribution in [0.5, 0.6) is 0 Å². The number of anilines is 2. The zero-order chi connectivity index (χ0) is 24.5. The smallest absolute Gasteiger partial charge is 0.337 e. The van der Waals surface area contributed by atoms with Crippen LogP contribution in [0.1, 0.15) is 21.5 Å². The van der Waals surface area contributed by atoms with Crippen molar-refractivity contribution in [1.82, 2.24) is 0 Å². The van der Waals surface area contributed by atoms with E-state index in [1.165, 1.54) is 13.2 Å². The number of nitrogens with one attached hydrogen (secondary N) is 1. The maximum atomic E-state index is 12.8. The van der Waals surface area contributed by atoms with Crippen molar-refractivity contribution in [1.29, 1.82) is 0 Å². The third-order valence-electron chi connectivity index (χ3n) is 6.20. The number of hydrogen-bond donors (Lipinski definition) is 2. The Bertz CT molecular complexity index is 1340. The molecule has 2 aliphatic rings. The summed E-state index contributed by atoms with van der Waals surface area (Å²) in [6.07, 6.45) is 0. The molecule has 35 heavy (non-hydrogen) atoms. The highest BCUT2D eigenvalue weighted by Gasteiger charge is 2.30. The minimum Gasteiger partial charge on any atom is -0.506 e. The lowest BCUT2D eigenvalue weighted by molar-refractivity contribution is -0.110. The minimum atomic E-state index is -0.532. The number of fused-ring (bicyclic) bond motifs is 1. The average Bonchev–Trinajstić information content (AvgIpc) is 3.22. The van der Waals surface area contributed by atoms with Crippen molar-refractivity contribution in [2.45, 2.75) is 0 Å². The summed E-state index contributed by atoms with van der Waals surface area (Å²) in [5, 5.41) is 14.3. The summed E-state index contributed by atoms with van der Waals surface area (Å²) in [4.78, 5) is 27.0. The summed E-state index contributed by atoms with van der Waals surface area (Å²) >= 11 is 6.59. The molecule has 0 unspecified atom stereocenters. The maximum absolute atomic E-state index is 12.8. The van der Waals surface area contributed by atoms with E-state index in [1.807, 2.05) is 24.3 Å². The van der Waals surface area contributed by atoms with Crippen LogP contribution in [0.3, 0.4) is 0 Å². The van der Waals surface area contributed by atoms with E-state index in [0.29, 0.717) is 35.1 Å². The molecule has 0 spiro atoms. The van der Waals surface area contributed by atoms with Crippen LogP contribution in [0.4, 0.5) is 11.4 Å². The van der Waals surface area contributed by atoms with Gasteiger partial charge in [-0.05, 0) is 42.0 Å². The molecule has 5 rings (SSSR count). The van der Waals surface area contributed by atoms with Crippen LogP contribution >= 0.6 is 11.6 Å². The number of carbonyl (C=O) groups is 2. The summed E-state index contributed by atoms with van der Waals surface area (Å²) in [5.74, 6) is -1.21. The quantitative estimate of drug-likeness (QED) is 0.304. The molecule has 2 aliphatic heterocycles. The first-order valence-corrected chi connectivity index (χ1v) is 11.5. The van der Waals surface area contributed by atoms with Gasteiger partial charge in [-0.1, -0.05) is 35.9 Å². The molecule has 1 saturated heterocycles. The summed E-state index contributed by atoms with van der Waals surface area (Å²) in [6.45, 7) is 3.11. The number of morpholine rings is 1. The van der Waals surface area contributed by atoms with E-state index < -0.39 is 11.9 Å². The lowest BCUT2D eigenvalue weighted by Gasteiger charge is -2.29.